The number of sulfone groups is 1. The monoisotopic (exact) mass is 236 g/mol. The fourth-order valence-corrected chi connectivity index (χ4v) is 2.37. The molecule has 0 saturated carbocycles. The predicted octanol–water partition coefficient (Wildman–Crippen LogP) is 0.603. The van der Waals surface area contributed by atoms with E-state index in [1.165, 1.54) is 18.2 Å². The molecule has 0 saturated heterocycles. The topological polar surface area (TPSA) is 79.9 Å². The van der Waals surface area contributed by atoms with Crippen molar-refractivity contribution in [3.05, 3.63) is 52.8 Å². The summed E-state index contributed by atoms with van der Waals surface area (Å²) in [7, 11) is -3.64. The van der Waals surface area contributed by atoms with Gasteiger partial charge in [0.2, 0.25) is 9.84 Å². The summed E-state index contributed by atoms with van der Waals surface area (Å²) in [6.45, 7) is 0. The number of rotatable bonds is 2. The molecule has 0 aliphatic heterocycles. The van der Waals surface area contributed by atoms with E-state index < -0.39 is 15.4 Å². The van der Waals surface area contributed by atoms with Crippen molar-refractivity contribution in [2.24, 2.45) is 0 Å². The van der Waals surface area contributed by atoms with Gasteiger partial charge in [-0.3, -0.25) is 4.79 Å². The highest BCUT2D eigenvalue weighted by Crippen LogP contribution is 2.16. The normalized spacial score (nSPS) is 11.2. The van der Waals surface area contributed by atoms with E-state index in [0.29, 0.717) is 0 Å². The lowest BCUT2D eigenvalue weighted by molar-refractivity contribution is 0.589. The van der Waals surface area contributed by atoms with Crippen LogP contribution in [0.15, 0.2) is 57.2 Å². The summed E-state index contributed by atoms with van der Waals surface area (Å²) >= 11 is 0. The standard InChI is InChI=1S/C10H8N2O3S/c13-9-6-7-10(12-11-9)16(14,15)8-4-2-1-3-5-8/h1-7H,(H,11,13). The average molecular weight is 236 g/mol. The second-order valence-corrected chi connectivity index (χ2v) is 4.97. The first-order valence-corrected chi connectivity index (χ1v) is 5.95. The van der Waals surface area contributed by atoms with Crippen molar-refractivity contribution >= 4 is 9.84 Å². The van der Waals surface area contributed by atoms with E-state index in [1.54, 1.807) is 18.2 Å². The van der Waals surface area contributed by atoms with Gasteiger partial charge < -0.3 is 0 Å². The third-order valence-electron chi connectivity index (χ3n) is 1.98. The lowest BCUT2D eigenvalue weighted by Gasteiger charge is -2.01. The Morgan fingerprint density at radius 1 is 1.00 bits per heavy atom. The number of aromatic amines is 1. The Morgan fingerprint density at radius 2 is 1.69 bits per heavy atom. The average Bonchev–Trinajstić information content (AvgIpc) is 2.31. The van der Waals surface area contributed by atoms with Crippen LogP contribution in [0, 0.1) is 0 Å². The van der Waals surface area contributed by atoms with Crippen molar-refractivity contribution in [2.45, 2.75) is 9.92 Å². The van der Waals surface area contributed by atoms with Crippen LogP contribution in [-0.2, 0) is 9.84 Å². The largest absolute Gasteiger partial charge is 0.268 e. The molecule has 0 spiro atoms. The molecule has 0 aliphatic carbocycles. The maximum absolute atomic E-state index is 12.0. The van der Waals surface area contributed by atoms with Gasteiger partial charge in [-0.05, 0) is 18.2 Å². The van der Waals surface area contributed by atoms with Crippen LogP contribution in [-0.4, -0.2) is 18.6 Å². The van der Waals surface area contributed by atoms with E-state index in [1.807, 2.05) is 0 Å². The van der Waals surface area contributed by atoms with Crippen LogP contribution in [0.2, 0.25) is 0 Å². The molecule has 1 heterocycles. The van der Waals surface area contributed by atoms with Gasteiger partial charge in [0.15, 0.2) is 5.03 Å². The predicted molar refractivity (Wildman–Crippen MR) is 56.8 cm³/mol. The van der Waals surface area contributed by atoms with Gasteiger partial charge in [0.1, 0.15) is 0 Å². The number of H-pyrrole nitrogens is 1. The fourth-order valence-electron chi connectivity index (χ4n) is 1.20. The van der Waals surface area contributed by atoms with E-state index in [2.05, 4.69) is 10.2 Å². The van der Waals surface area contributed by atoms with Gasteiger partial charge in [0.25, 0.3) is 5.56 Å². The van der Waals surface area contributed by atoms with Crippen LogP contribution in [0.4, 0.5) is 0 Å². The Balaban J connectivity index is 2.56. The van der Waals surface area contributed by atoms with Crippen molar-refractivity contribution in [3.63, 3.8) is 0 Å². The summed E-state index contributed by atoms with van der Waals surface area (Å²) in [4.78, 5) is 10.9. The van der Waals surface area contributed by atoms with E-state index in [4.69, 9.17) is 0 Å². The Kier molecular flexibility index (Phi) is 2.57. The Bertz CT molecular complexity index is 627. The molecule has 82 valence electrons. The highest BCUT2D eigenvalue weighted by molar-refractivity contribution is 7.91. The van der Waals surface area contributed by atoms with E-state index in [0.717, 1.165) is 6.07 Å². The van der Waals surface area contributed by atoms with Gasteiger partial charge in [-0.15, -0.1) is 0 Å². The van der Waals surface area contributed by atoms with Crippen LogP contribution in [0.25, 0.3) is 0 Å². The summed E-state index contributed by atoms with van der Waals surface area (Å²) in [5, 5.41) is 5.42. The molecule has 2 aromatic rings. The van der Waals surface area contributed by atoms with Crippen molar-refractivity contribution in [2.75, 3.05) is 0 Å². The molecular formula is C10H8N2O3S. The summed E-state index contributed by atoms with van der Waals surface area (Å²) in [6.07, 6.45) is 0. The molecule has 0 fully saturated rings. The number of hydrogen-bond donors (Lipinski definition) is 1. The summed E-state index contributed by atoms with van der Waals surface area (Å²) in [6, 6.07) is 10.2. The fraction of sp³-hybridized carbons (Fsp3) is 0. The SMILES string of the molecule is O=c1ccc(S(=O)(=O)c2ccccc2)n[nH]1. The minimum Gasteiger partial charge on any atom is -0.268 e. The molecule has 0 amide bonds. The zero-order valence-corrected chi connectivity index (χ0v) is 8.94. The first-order chi connectivity index (χ1) is 7.60. The van der Waals surface area contributed by atoms with Gasteiger partial charge in [-0.2, -0.15) is 5.10 Å². The second-order valence-electron chi connectivity index (χ2n) is 3.08. The lowest BCUT2D eigenvalue weighted by atomic mass is 10.4. The van der Waals surface area contributed by atoms with Gasteiger partial charge in [-0.1, -0.05) is 18.2 Å². The first-order valence-electron chi connectivity index (χ1n) is 4.46. The lowest BCUT2D eigenvalue weighted by Crippen LogP contribution is -2.11. The van der Waals surface area contributed by atoms with Gasteiger partial charge in [-0.25, -0.2) is 13.5 Å². The maximum atomic E-state index is 12.0. The molecule has 0 bridgehead atoms. The van der Waals surface area contributed by atoms with Crippen molar-refractivity contribution in [3.8, 4) is 0 Å². The molecule has 1 aromatic heterocycles. The molecule has 2 rings (SSSR count). The second kappa shape index (κ2) is 3.90. The number of aromatic nitrogens is 2. The molecule has 0 unspecified atom stereocenters. The smallest absolute Gasteiger partial charge is 0.264 e. The quantitative estimate of drug-likeness (QED) is 0.828. The van der Waals surface area contributed by atoms with Crippen molar-refractivity contribution in [1.82, 2.24) is 10.2 Å². The third-order valence-corrected chi connectivity index (χ3v) is 3.65. The summed E-state index contributed by atoms with van der Waals surface area (Å²) in [5.41, 5.74) is -0.438. The minimum absolute atomic E-state index is 0.148. The van der Waals surface area contributed by atoms with Gasteiger partial charge in [0.05, 0.1) is 4.90 Å². The van der Waals surface area contributed by atoms with Crippen LogP contribution >= 0.6 is 0 Å². The Labute approximate surface area is 91.7 Å². The zero-order valence-electron chi connectivity index (χ0n) is 8.12. The van der Waals surface area contributed by atoms with Crippen LogP contribution < -0.4 is 5.56 Å². The van der Waals surface area contributed by atoms with Crippen LogP contribution in [0.1, 0.15) is 0 Å². The van der Waals surface area contributed by atoms with Gasteiger partial charge in [0, 0.05) is 6.07 Å². The molecule has 0 atom stereocenters. The molecule has 1 aromatic carbocycles. The maximum Gasteiger partial charge on any atom is 0.264 e. The van der Waals surface area contributed by atoms with Gasteiger partial charge >= 0.3 is 0 Å². The van der Waals surface area contributed by atoms with Crippen molar-refractivity contribution in [1.29, 1.82) is 0 Å². The summed E-state index contributed by atoms with van der Waals surface area (Å²) < 4.78 is 23.9. The highest BCUT2D eigenvalue weighted by atomic mass is 32.2. The minimum atomic E-state index is -3.64. The Morgan fingerprint density at radius 3 is 2.25 bits per heavy atom. The third kappa shape index (κ3) is 1.87. The molecule has 1 N–H and O–H groups in total. The molecule has 0 radical (unpaired) electrons. The molecule has 16 heavy (non-hydrogen) atoms. The number of nitrogens with one attached hydrogen (secondary N) is 1. The van der Waals surface area contributed by atoms with Crippen LogP contribution in [0.3, 0.4) is 0 Å². The van der Waals surface area contributed by atoms with E-state index >= 15 is 0 Å². The molecular weight excluding hydrogens is 228 g/mol. The molecule has 5 nitrogen and oxygen atoms in total. The highest BCUT2D eigenvalue weighted by Gasteiger charge is 2.18. The van der Waals surface area contributed by atoms with Crippen LogP contribution in [0.5, 0.6) is 0 Å². The van der Waals surface area contributed by atoms with E-state index in [9.17, 15) is 13.2 Å². The first kappa shape index (κ1) is 10.6. The molecule has 0 aliphatic rings. The van der Waals surface area contributed by atoms with Crippen molar-refractivity contribution < 1.29 is 8.42 Å². The van der Waals surface area contributed by atoms with E-state index in [-0.39, 0.29) is 9.92 Å². The molecule has 6 heteroatoms. The Hall–Kier alpha value is -1.95. The number of benzene rings is 1. The number of nitrogens with zero attached hydrogens (tertiary/aromatic N) is 1. The summed E-state index contributed by atoms with van der Waals surface area (Å²) in [5.74, 6) is 0. The number of hydrogen-bond acceptors (Lipinski definition) is 4. The zero-order chi connectivity index (χ0) is 11.6.